The van der Waals surface area contributed by atoms with Crippen LogP contribution in [-0.4, -0.2) is 12.3 Å². The van der Waals surface area contributed by atoms with Crippen molar-refractivity contribution in [3.63, 3.8) is 0 Å². The van der Waals surface area contributed by atoms with E-state index in [9.17, 15) is 0 Å². The quantitative estimate of drug-likeness (QED) is 0.839. The van der Waals surface area contributed by atoms with E-state index in [1.807, 2.05) is 0 Å². The Kier molecular flexibility index (Phi) is 3.56. The Bertz CT molecular complexity index is 460. The monoisotopic (exact) mass is 259 g/mol. The molecule has 0 aliphatic rings. The number of hydrogen-bond donors (Lipinski definition) is 1. The van der Waals surface area contributed by atoms with Gasteiger partial charge in [-0.25, -0.2) is 0 Å². The Morgan fingerprint density at radius 3 is 1.33 bits per heavy atom. The van der Waals surface area contributed by atoms with Crippen LogP contribution in [0, 0.1) is 0 Å². The van der Waals surface area contributed by atoms with Gasteiger partial charge < -0.3 is 0 Å². The standard InChI is InChI=1S/C16H22NP/c1-3-18(17,4-2,15-11-7-5-8-12-15)16-13-9-6-10-14-16/h5-14H,3-4,17H2,1-2H3. The second kappa shape index (κ2) is 4.84. The van der Waals surface area contributed by atoms with E-state index in [1.54, 1.807) is 0 Å². The van der Waals surface area contributed by atoms with Gasteiger partial charge in [0.2, 0.25) is 0 Å². The molecule has 0 aliphatic carbocycles. The number of rotatable bonds is 4. The Balaban J connectivity index is 2.71. The summed E-state index contributed by atoms with van der Waals surface area (Å²) in [7, 11) is 0. The second-order valence-electron chi connectivity index (χ2n) is 4.89. The fraction of sp³-hybridized carbons (Fsp3) is 0.250. The molecule has 2 heteroatoms. The molecular weight excluding hydrogens is 237 g/mol. The van der Waals surface area contributed by atoms with Crippen molar-refractivity contribution >= 4 is 17.4 Å². The first-order valence-corrected chi connectivity index (χ1v) is 9.25. The van der Waals surface area contributed by atoms with Crippen molar-refractivity contribution in [1.29, 1.82) is 0 Å². The topological polar surface area (TPSA) is 26.0 Å². The van der Waals surface area contributed by atoms with Crippen molar-refractivity contribution < 1.29 is 0 Å². The molecule has 0 atom stereocenters. The van der Waals surface area contributed by atoms with Crippen molar-refractivity contribution in [3.8, 4) is 0 Å². The summed E-state index contributed by atoms with van der Waals surface area (Å²) in [4.78, 5) is 0. The summed E-state index contributed by atoms with van der Waals surface area (Å²) < 4.78 is 0. The van der Waals surface area contributed by atoms with Crippen molar-refractivity contribution in [2.75, 3.05) is 12.3 Å². The molecule has 0 aliphatic heterocycles. The summed E-state index contributed by atoms with van der Waals surface area (Å²) in [6.07, 6.45) is 2.02. The van der Waals surface area contributed by atoms with Crippen LogP contribution in [-0.2, 0) is 0 Å². The van der Waals surface area contributed by atoms with Gasteiger partial charge in [0.1, 0.15) is 0 Å². The van der Waals surface area contributed by atoms with Gasteiger partial charge in [-0.2, -0.15) is 0 Å². The fourth-order valence-corrected chi connectivity index (χ4v) is 6.74. The summed E-state index contributed by atoms with van der Waals surface area (Å²) in [6.45, 7) is 1.96. The van der Waals surface area contributed by atoms with Gasteiger partial charge in [-0.05, 0) is 0 Å². The van der Waals surface area contributed by atoms with E-state index in [0.717, 1.165) is 12.3 Å². The Morgan fingerprint density at radius 2 is 1.06 bits per heavy atom. The predicted molar refractivity (Wildman–Crippen MR) is 84.3 cm³/mol. The minimum absolute atomic E-state index is 1.01. The number of benzene rings is 2. The third-order valence-corrected chi connectivity index (χ3v) is 10.3. The van der Waals surface area contributed by atoms with Gasteiger partial charge in [0.05, 0.1) is 0 Å². The first-order valence-electron chi connectivity index (χ1n) is 6.57. The van der Waals surface area contributed by atoms with Crippen molar-refractivity contribution in [2.24, 2.45) is 5.50 Å². The summed E-state index contributed by atoms with van der Waals surface area (Å²) in [5.74, 6) is 0. The number of hydrogen-bond acceptors (Lipinski definition) is 1. The molecule has 0 radical (unpaired) electrons. The summed E-state index contributed by atoms with van der Waals surface area (Å²) in [5.41, 5.74) is 7.09. The Labute approximate surface area is 110 Å². The maximum absolute atomic E-state index is 7.09. The maximum atomic E-state index is 7.09. The molecule has 0 unspecified atom stereocenters. The summed E-state index contributed by atoms with van der Waals surface area (Å²) >= 11 is 0. The molecule has 96 valence electrons. The van der Waals surface area contributed by atoms with E-state index in [4.69, 9.17) is 5.50 Å². The van der Waals surface area contributed by atoms with Crippen LogP contribution in [0.5, 0.6) is 0 Å². The predicted octanol–water partition coefficient (Wildman–Crippen LogP) is 3.10. The van der Waals surface area contributed by atoms with Crippen LogP contribution in [0.25, 0.3) is 0 Å². The molecule has 2 rings (SSSR count). The van der Waals surface area contributed by atoms with Gasteiger partial charge in [-0.15, -0.1) is 0 Å². The second-order valence-corrected chi connectivity index (χ2v) is 10.4. The van der Waals surface area contributed by atoms with E-state index in [-0.39, 0.29) is 0 Å². The van der Waals surface area contributed by atoms with Crippen molar-refractivity contribution in [3.05, 3.63) is 60.7 Å². The zero-order valence-electron chi connectivity index (χ0n) is 11.2. The molecule has 0 bridgehead atoms. The molecule has 0 saturated carbocycles. The molecule has 2 aromatic carbocycles. The third-order valence-electron chi connectivity index (χ3n) is 4.24. The van der Waals surface area contributed by atoms with Crippen molar-refractivity contribution in [2.45, 2.75) is 13.8 Å². The van der Waals surface area contributed by atoms with E-state index < -0.39 is 6.75 Å². The van der Waals surface area contributed by atoms with Gasteiger partial charge in [0.15, 0.2) is 0 Å². The molecule has 0 fully saturated rings. The van der Waals surface area contributed by atoms with Crippen LogP contribution < -0.4 is 16.1 Å². The van der Waals surface area contributed by atoms with Crippen LogP contribution >= 0.6 is 6.75 Å². The summed E-state index contributed by atoms with van der Waals surface area (Å²) in [5, 5.41) is 2.64. The minimum atomic E-state index is -2.48. The molecule has 0 spiro atoms. The van der Waals surface area contributed by atoms with Crippen LogP contribution in [0.1, 0.15) is 13.8 Å². The van der Waals surface area contributed by atoms with E-state index in [1.165, 1.54) is 10.6 Å². The normalized spacial score (nSPS) is 13.8. The molecule has 0 aromatic heterocycles. The van der Waals surface area contributed by atoms with Crippen LogP contribution in [0.15, 0.2) is 60.7 Å². The molecule has 2 aromatic rings. The van der Waals surface area contributed by atoms with E-state index in [0.29, 0.717) is 0 Å². The fourth-order valence-electron chi connectivity index (χ4n) is 2.70. The average molecular weight is 259 g/mol. The van der Waals surface area contributed by atoms with Crippen LogP contribution in [0.2, 0.25) is 0 Å². The van der Waals surface area contributed by atoms with Crippen molar-refractivity contribution in [1.82, 2.24) is 0 Å². The molecule has 18 heavy (non-hydrogen) atoms. The first-order chi connectivity index (χ1) is 8.64. The zero-order chi connectivity index (χ0) is 13.1. The molecule has 0 heterocycles. The average Bonchev–Trinajstić information content (AvgIpc) is 2.48. The Hall–Kier alpha value is -1.17. The Morgan fingerprint density at radius 1 is 0.722 bits per heavy atom. The van der Waals surface area contributed by atoms with Gasteiger partial charge in [-0.1, -0.05) is 0 Å². The molecule has 0 saturated heterocycles. The first kappa shape index (κ1) is 13.3. The number of nitrogens with two attached hydrogens (primary N) is 1. The van der Waals surface area contributed by atoms with Crippen LogP contribution in [0.4, 0.5) is 0 Å². The van der Waals surface area contributed by atoms with Gasteiger partial charge in [0.25, 0.3) is 0 Å². The molecule has 1 nitrogen and oxygen atoms in total. The third kappa shape index (κ3) is 1.88. The summed E-state index contributed by atoms with van der Waals surface area (Å²) in [6, 6.07) is 21.3. The molecular formula is C16H22NP. The SMILES string of the molecule is CCP(N)(CC)(c1ccccc1)c1ccccc1. The van der Waals surface area contributed by atoms with Crippen LogP contribution in [0.3, 0.4) is 0 Å². The molecule has 2 N–H and O–H groups in total. The van der Waals surface area contributed by atoms with Gasteiger partial charge in [-0.3, -0.25) is 0 Å². The van der Waals surface area contributed by atoms with E-state index in [2.05, 4.69) is 74.5 Å². The molecule has 0 amide bonds. The van der Waals surface area contributed by atoms with E-state index >= 15 is 0 Å². The van der Waals surface area contributed by atoms with Gasteiger partial charge in [0, 0.05) is 0 Å². The van der Waals surface area contributed by atoms with Gasteiger partial charge >= 0.3 is 110 Å². The zero-order valence-corrected chi connectivity index (χ0v) is 12.1.